The summed E-state index contributed by atoms with van der Waals surface area (Å²) >= 11 is 0. The summed E-state index contributed by atoms with van der Waals surface area (Å²) in [6, 6.07) is 9.14. The quantitative estimate of drug-likeness (QED) is 0.860. The van der Waals surface area contributed by atoms with Crippen molar-refractivity contribution in [1.29, 1.82) is 0 Å². The van der Waals surface area contributed by atoms with E-state index in [4.69, 9.17) is 0 Å². The Labute approximate surface area is 166 Å². The molecule has 2 heterocycles. The third-order valence-corrected chi connectivity index (χ3v) is 4.97. The van der Waals surface area contributed by atoms with Gasteiger partial charge in [-0.25, -0.2) is 4.68 Å². The fourth-order valence-electron chi connectivity index (χ4n) is 3.31. The predicted octanol–water partition coefficient (Wildman–Crippen LogP) is 2.39. The molecule has 1 saturated heterocycles. The summed E-state index contributed by atoms with van der Waals surface area (Å²) in [4.78, 5) is 27.7. The lowest BCUT2D eigenvalue weighted by Gasteiger charge is -2.30. The van der Waals surface area contributed by atoms with Crippen molar-refractivity contribution in [1.82, 2.24) is 25.2 Å². The van der Waals surface area contributed by atoms with Crippen LogP contribution in [0.5, 0.6) is 0 Å². The first kappa shape index (κ1) is 20.0. The number of rotatable bonds is 5. The van der Waals surface area contributed by atoms with Crippen LogP contribution < -0.4 is 5.32 Å². The van der Waals surface area contributed by atoms with Gasteiger partial charge in [0.25, 0.3) is 5.91 Å². The first-order valence-electron chi connectivity index (χ1n) is 9.91. The Morgan fingerprint density at radius 1 is 1.11 bits per heavy atom. The molecule has 1 atom stereocenters. The van der Waals surface area contributed by atoms with Crippen LogP contribution in [-0.4, -0.2) is 50.8 Å². The lowest BCUT2D eigenvalue weighted by atomic mass is 10.0. The molecule has 0 radical (unpaired) electrons. The maximum atomic E-state index is 13.1. The molecule has 2 amide bonds. The molecule has 0 saturated carbocycles. The number of aromatic nitrogens is 3. The minimum atomic E-state index is -0.618. The molecule has 7 heteroatoms. The number of piperidine rings is 1. The molecule has 1 aromatic heterocycles. The zero-order valence-corrected chi connectivity index (χ0v) is 16.9. The first-order valence-corrected chi connectivity index (χ1v) is 9.91. The van der Waals surface area contributed by atoms with E-state index in [0.29, 0.717) is 6.42 Å². The van der Waals surface area contributed by atoms with Crippen LogP contribution in [-0.2, 0) is 16.8 Å². The number of amides is 2. The number of nitrogens with zero attached hydrogens (tertiary/aromatic N) is 4. The van der Waals surface area contributed by atoms with Gasteiger partial charge >= 0.3 is 0 Å². The molecule has 0 unspecified atom stereocenters. The van der Waals surface area contributed by atoms with Crippen molar-refractivity contribution >= 4 is 11.8 Å². The van der Waals surface area contributed by atoms with Gasteiger partial charge in [-0.3, -0.25) is 9.59 Å². The lowest BCUT2D eigenvalue weighted by Crippen LogP contribution is -2.51. The molecule has 7 nitrogen and oxygen atoms in total. The van der Waals surface area contributed by atoms with Gasteiger partial charge < -0.3 is 10.2 Å². The maximum absolute atomic E-state index is 13.1. The van der Waals surface area contributed by atoms with E-state index < -0.39 is 6.04 Å². The average Bonchev–Trinajstić information content (AvgIpc) is 3.19. The summed E-state index contributed by atoms with van der Waals surface area (Å²) in [7, 11) is 0. The van der Waals surface area contributed by atoms with Crippen molar-refractivity contribution in [2.75, 3.05) is 13.1 Å². The average molecular weight is 383 g/mol. The van der Waals surface area contributed by atoms with Gasteiger partial charge in [0.15, 0.2) is 5.69 Å². The summed E-state index contributed by atoms with van der Waals surface area (Å²) in [5.74, 6) is -0.401. The number of hydrogen-bond donors (Lipinski definition) is 1. The fraction of sp³-hybridized carbons (Fsp3) is 0.524. The van der Waals surface area contributed by atoms with E-state index in [2.05, 4.69) is 15.6 Å². The smallest absolute Gasteiger partial charge is 0.274 e. The lowest BCUT2D eigenvalue weighted by molar-refractivity contribution is -0.134. The van der Waals surface area contributed by atoms with Gasteiger partial charge in [-0.2, -0.15) is 0 Å². The van der Waals surface area contributed by atoms with Crippen LogP contribution in [0.15, 0.2) is 36.5 Å². The van der Waals surface area contributed by atoms with Crippen molar-refractivity contribution in [2.24, 2.45) is 0 Å². The van der Waals surface area contributed by atoms with E-state index in [1.807, 2.05) is 56.0 Å². The van der Waals surface area contributed by atoms with E-state index in [-0.39, 0.29) is 23.0 Å². The van der Waals surface area contributed by atoms with Gasteiger partial charge in [0.2, 0.25) is 5.91 Å². The number of carbonyl (C=O) groups excluding carboxylic acids is 2. The van der Waals surface area contributed by atoms with Gasteiger partial charge in [0.1, 0.15) is 6.04 Å². The Hall–Kier alpha value is -2.70. The Kier molecular flexibility index (Phi) is 6.11. The van der Waals surface area contributed by atoms with E-state index in [9.17, 15) is 9.59 Å². The van der Waals surface area contributed by atoms with Gasteiger partial charge in [-0.05, 0) is 45.6 Å². The Morgan fingerprint density at radius 3 is 2.39 bits per heavy atom. The summed E-state index contributed by atoms with van der Waals surface area (Å²) in [6.07, 6.45) is 5.25. The topological polar surface area (TPSA) is 80.1 Å². The molecule has 150 valence electrons. The zero-order valence-electron chi connectivity index (χ0n) is 16.9. The van der Waals surface area contributed by atoms with E-state index in [1.165, 1.54) is 0 Å². The molecule has 2 aromatic rings. The van der Waals surface area contributed by atoms with Gasteiger partial charge in [0, 0.05) is 19.5 Å². The number of nitrogens with one attached hydrogen (secondary N) is 1. The second kappa shape index (κ2) is 8.54. The Balaban J connectivity index is 1.76. The highest BCUT2D eigenvalue weighted by Gasteiger charge is 2.28. The van der Waals surface area contributed by atoms with Crippen molar-refractivity contribution in [2.45, 2.75) is 58.0 Å². The zero-order chi connectivity index (χ0) is 20.1. The largest absolute Gasteiger partial charge is 0.341 e. The van der Waals surface area contributed by atoms with Gasteiger partial charge in [-0.15, -0.1) is 5.10 Å². The molecule has 1 aliphatic heterocycles. The number of hydrogen-bond acceptors (Lipinski definition) is 4. The monoisotopic (exact) mass is 383 g/mol. The van der Waals surface area contributed by atoms with Crippen LogP contribution in [0.4, 0.5) is 0 Å². The van der Waals surface area contributed by atoms with Crippen LogP contribution in [0.3, 0.4) is 0 Å². The highest BCUT2D eigenvalue weighted by Crippen LogP contribution is 2.14. The SMILES string of the molecule is CC(C)(C)n1cc(C(=O)N[C@@H](Cc2ccccc2)C(=O)N2CCCCC2)nn1. The second-order valence-corrected chi connectivity index (χ2v) is 8.32. The molecule has 0 aliphatic carbocycles. The van der Waals surface area contributed by atoms with Gasteiger partial charge in [-0.1, -0.05) is 35.5 Å². The Bertz CT molecular complexity index is 804. The number of carbonyl (C=O) groups is 2. The minimum Gasteiger partial charge on any atom is -0.341 e. The third-order valence-electron chi connectivity index (χ3n) is 4.97. The molecular formula is C21H29N5O2. The molecule has 1 aromatic carbocycles. The molecule has 1 fully saturated rings. The van der Waals surface area contributed by atoms with Crippen LogP contribution >= 0.6 is 0 Å². The summed E-state index contributed by atoms with van der Waals surface area (Å²) in [6.45, 7) is 7.46. The first-order chi connectivity index (χ1) is 13.3. The highest BCUT2D eigenvalue weighted by molar-refractivity contribution is 5.96. The summed E-state index contributed by atoms with van der Waals surface area (Å²) in [5.41, 5.74) is 0.967. The fourth-order valence-corrected chi connectivity index (χ4v) is 3.31. The van der Waals surface area contributed by atoms with E-state index in [1.54, 1.807) is 10.9 Å². The summed E-state index contributed by atoms with van der Waals surface area (Å²) in [5, 5.41) is 10.9. The van der Waals surface area contributed by atoms with E-state index in [0.717, 1.165) is 37.9 Å². The second-order valence-electron chi connectivity index (χ2n) is 8.32. The van der Waals surface area contributed by atoms with Gasteiger partial charge in [0.05, 0.1) is 11.7 Å². The highest BCUT2D eigenvalue weighted by atomic mass is 16.2. The molecule has 1 N–H and O–H groups in total. The summed E-state index contributed by atoms with van der Waals surface area (Å²) < 4.78 is 1.65. The maximum Gasteiger partial charge on any atom is 0.274 e. The molecule has 0 spiro atoms. The van der Waals surface area contributed by atoms with E-state index >= 15 is 0 Å². The normalized spacial score (nSPS) is 15.9. The molecule has 28 heavy (non-hydrogen) atoms. The van der Waals surface area contributed by atoms with Crippen LogP contribution in [0.2, 0.25) is 0 Å². The van der Waals surface area contributed by atoms with Crippen molar-refractivity contribution in [3.63, 3.8) is 0 Å². The van der Waals surface area contributed by atoms with Crippen LogP contribution in [0.1, 0.15) is 56.1 Å². The minimum absolute atomic E-state index is 0.0277. The van der Waals surface area contributed by atoms with Crippen molar-refractivity contribution < 1.29 is 9.59 Å². The van der Waals surface area contributed by atoms with Crippen molar-refractivity contribution in [3.05, 3.63) is 47.8 Å². The van der Waals surface area contributed by atoms with Crippen LogP contribution in [0.25, 0.3) is 0 Å². The third kappa shape index (κ3) is 4.97. The standard InChI is InChI=1S/C21H29N5O2/c1-21(2,3)26-15-18(23-24-26)19(27)22-17(14-16-10-6-4-7-11-16)20(28)25-12-8-5-9-13-25/h4,6-7,10-11,15,17H,5,8-9,12-14H2,1-3H3,(H,22,27)/t17-/m0/s1. The number of likely N-dealkylation sites (tertiary alicyclic amines) is 1. The van der Waals surface area contributed by atoms with Crippen LogP contribution in [0, 0.1) is 0 Å². The molecule has 3 rings (SSSR count). The molecule has 1 aliphatic rings. The molecule has 0 bridgehead atoms. The Morgan fingerprint density at radius 2 is 1.79 bits per heavy atom. The molecular weight excluding hydrogens is 354 g/mol. The predicted molar refractivity (Wildman–Crippen MR) is 107 cm³/mol. The number of benzene rings is 1. The van der Waals surface area contributed by atoms with Crippen molar-refractivity contribution in [3.8, 4) is 0 Å².